The van der Waals surface area contributed by atoms with E-state index in [0.29, 0.717) is 22.7 Å². The number of amides is 3. The van der Waals surface area contributed by atoms with Gasteiger partial charge in [-0.1, -0.05) is 12.1 Å². The van der Waals surface area contributed by atoms with Crippen LogP contribution in [-0.4, -0.2) is 40.5 Å². The zero-order valence-corrected chi connectivity index (χ0v) is 20.4. The van der Waals surface area contributed by atoms with Gasteiger partial charge < -0.3 is 14.8 Å². The highest BCUT2D eigenvalue weighted by molar-refractivity contribution is 8.18. The first-order valence-electron chi connectivity index (χ1n) is 11.0. The van der Waals surface area contributed by atoms with Gasteiger partial charge in [0.1, 0.15) is 24.7 Å². The van der Waals surface area contributed by atoms with Crippen LogP contribution in [0, 0.1) is 10.1 Å². The fourth-order valence-corrected chi connectivity index (χ4v) is 4.22. The lowest BCUT2D eigenvalue weighted by Gasteiger charge is -2.12. The number of rotatable bonds is 9. The van der Waals surface area contributed by atoms with Gasteiger partial charge in [-0.05, 0) is 77.5 Å². The smallest absolute Gasteiger partial charge is 0.294 e. The molecule has 11 heteroatoms. The molecule has 0 spiro atoms. The Bertz CT molecular complexity index is 1370. The van der Waals surface area contributed by atoms with Crippen molar-refractivity contribution in [2.45, 2.75) is 6.61 Å². The highest BCUT2D eigenvalue weighted by Gasteiger charge is 2.36. The maximum atomic E-state index is 12.8. The lowest BCUT2D eigenvalue weighted by atomic mass is 10.2. The molecule has 4 rings (SSSR count). The summed E-state index contributed by atoms with van der Waals surface area (Å²) in [4.78, 5) is 49.0. The highest BCUT2D eigenvalue weighted by atomic mass is 32.2. The number of nitrogens with one attached hydrogen (secondary N) is 1. The molecule has 0 atom stereocenters. The number of carbonyl (C=O) groups is 3. The van der Waals surface area contributed by atoms with E-state index < -0.39 is 28.5 Å². The molecular formula is C26H21N3O7S. The quantitative estimate of drug-likeness (QED) is 0.241. The van der Waals surface area contributed by atoms with Gasteiger partial charge in [-0.25, -0.2) is 0 Å². The Hall–Kier alpha value is -4.64. The zero-order chi connectivity index (χ0) is 26.4. The monoisotopic (exact) mass is 519 g/mol. The van der Waals surface area contributed by atoms with Crippen LogP contribution in [0.1, 0.15) is 11.1 Å². The highest BCUT2D eigenvalue weighted by Crippen LogP contribution is 2.32. The molecule has 0 radical (unpaired) electrons. The number of nitrogens with zero attached hydrogens (tertiary/aromatic N) is 2. The number of ether oxygens (including phenoxy) is 2. The fraction of sp³-hybridized carbons (Fsp3) is 0.115. The van der Waals surface area contributed by atoms with Crippen LogP contribution in [0.15, 0.2) is 77.7 Å². The standard InChI is InChI=1S/C26H21N3O7S/c1-35-21-11-7-19(8-12-21)27-24(30)15-28-25(31)23(37-26(28)32)14-18-3-2-4-22(13-18)36-16-17-5-9-20(10-6-17)29(33)34/h2-14H,15-16H2,1H3,(H,27,30)/b23-14+. The molecule has 0 saturated carbocycles. The van der Waals surface area contributed by atoms with E-state index in [0.717, 1.165) is 22.2 Å². The molecule has 1 N–H and O–H groups in total. The summed E-state index contributed by atoms with van der Waals surface area (Å²) >= 11 is 0.756. The molecule has 3 amide bonds. The van der Waals surface area contributed by atoms with E-state index in [4.69, 9.17) is 9.47 Å². The Kier molecular flexibility index (Phi) is 7.84. The molecule has 0 aliphatic carbocycles. The van der Waals surface area contributed by atoms with Gasteiger partial charge in [-0.3, -0.25) is 29.4 Å². The number of imide groups is 1. The molecule has 0 unspecified atom stereocenters. The van der Waals surface area contributed by atoms with E-state index in [9.17, 15) is 24.5 Å². The van der Waals surface area contributed by atoms with E-state index in [2.05, 4.69) is 5.32 Å². The molecule has 3 aromatic rings. The lowest BCUT2D eigenvalue weighted by Crippen LogP contribution is -2.36. The summed E-state index contributed by atoms with van der Waals surface area (Å²) in [6, 6.07) is 19.6. The molecule has 10 nitrogen and oxygen atoms in total. The second-order valence-corrected chi connectivity index (χ2v) is 8.82. The largest absolute Gasteiger partial charge is 0.497 e. The van der Waals surface area contributed by atoms with Crippen molar-refractivity contribution in [2.24, 2.45) is 0 Å². The van der Waals surface area contributed by atoms with Crippen LogP contribution >= 0.6 is 11.8 Å². The molecule has 37 heavy (non-hydrogen) atoms. The minimum atomic E-state index is -0.558. The topological polar surface area (TPSA) is 128 Å². The number of anilines is 1. The van der Waals surface area contributed by atoms with Crippen LogP contribution in [0.25, 0.3) is 6.08 Å². The average Bonchev–Trinajstić information content (AvgIpc) is 3.15. The second-order valence-electron chi connectivity index (χ2n) is 7.83. The molecule has 188 valence electrons. The van der Waals surface area contributed by atoms with Crippen molar-refractivity contribution in [3.05, 3.63) is 98.9 Å². The minimum Gasteiger partial charge on any atom is -0.497 e. The van der Waals surface area contributed by atoms with Crippen LogP contribution in [0.2, 0.25) is 0 Å². The maximum Gasteiger partial charge on any atom is 0.294 e. The molecule has 1 fully saturated rings. The molecule has 0 aromatic heterocycles. The van der Waals surface area contributed by atoms with Gasteiger partial charge in [-0.15, -0.1) is 0 Å². The van der Waals surface area contributed by atoms with Crippen LogP contribution in [0.5, 0.6) is 11.5 Å². The van der Waals surface area contributed by atoms with Gasteiger partial charge in [0.2, 0.25) is 5.91 Å². The summed E-state index contributed by atoms with van der Waals surface area (Å²) in [6.07, 6.45) is 1.56. The third kappa shape index (κ3) is 6.53. The first-order valence-corrected chi connectivity index (χ1v) is 11.8. The number of nitro benzene ring substituents is 1. The van der Waals surface area contributed by atoms with E-state index in [1.54, 1.807) is 66.7 Å². The number of carbonyl (C=O) groups excluding carboxylic acids is 3. The lowest BCUT2D eigenvalue weighted by molar-refractivity contribution is -0.384. The molecule has 0 bridgehead atoms. The number of benzene rings is 3. The van der Waals surface area contributed by atoms with Gasteiger partial charge in [0.15, 0.2) is 0 Å². The number of hydrogen-bond donors (Lipinski definition) is 1. The van der Waals surface area contributed by atoms with Crippen molar-refractivity contribution in [2.75, 3.05) is 19.0 Å². The van der Waals surface area contributed by atoms with E-state index in [-0.39, 0.29) is 17.2 Å². The van der Waals surface area contributed by atoms with E-state index in [1.807, 2.05) is 0 Å². The Morgan fingerprint density at radius 1 is 1.05 bits per heavy atom. The predicted octanol–water partition coefficient (Wildman–Crippen LogP) is 4.86. The summed E-state index contributed by atoms with van der Waals surface area (Å²) in [6.45, 7) is -0.215. The van der Waals surface area contributed by atoms with Crippen LogP contribution < -0.4 is 14.8 Å². The fourth-order valence-electron chi connectivity index (χ4n) is 3.38. The van der Waals surface area contributed by atoms with Crippen LogP contribution in [0.4, 0.5) is 16.2 Å². The third-order valence-electron chi connectivity index (χ3n) is 5.26. The number of thioether (sulfide) groups is 1. The Balaban J connectivity index is 1.37. The van der Waals surface area contributed by atoms with Gasteiger partial charge in [0.05, 0.1) is 16.9 Å². The summed E-state index contributed by atoms with van der Waals surface area (Å²) in [5, 5.41) is 12.9. The SMILES string of the molecule is COc1ccc(NC(=O)CN2C(=O)S/C(=C/c3cccc(OCc4ccc([N+](=O)[O-])cc4)c3)C2=O)cc1. The molecule has 3 aromatic carbocycles. The summed E-state index contributed by atoms with van der Waals surface area (Å²) in [7, 11) is 1.53. The molecule has 1 saturated heterocycles. The molecule has 1 aliphatic heterocycles. The molecule has 1 heterocycles. The van der Waals surface area contributed by atoms with Gasteiger partial charge in [0, 0.05) is 17.8 Å². The minimum absolute atomic E-state index is 0.00194. The Morgan fingerprint density at radius 3 is 2.46 bits per heavy atom. The number of hydrogen-bond acceptors (Lipinski definition) is 8. The van der Waals surface area contributed by atoms with Crippen LogP contribution in [-0.2, 0) is 16.2 Å². The first kappa shape index (κ1) is 25.5. The van der Waals surface area contributed by atoms with E-state index in [1.165, 1.54) is 19.2 Å². The van der Waals surface area contributed by atoms with Crippen molar-refractivity contribution < 1.29 is 28.8 Å². The Labute approximate surface area is 216 Å². The summed E-state index contributed by atoms with van der Waals surface area (Å²) in [5.74, 6) is 0.0903. The average molecular weight is 520 g/mol. The third-order valence-corrected chi connectivity index (χ3v) is 6.16. The number of nitro groups is 1. The van der Waals surface area contributed by atoms with Gasteiger partial charge in [0.25, 0.3) is 16.8 Å². The predicted molar refractivity (Wildman–Crippen MR) is 138 cm³/mol. The maximum absolute atomic E-state index is 12.8. The van der Waals surface area contributed by atoms with Gasteiger partial charge in [-0.2, -0.15) is 0 Å². The van der Waals surface area contributed by atoms with Crippen molar-refractivity contribution >= 4 is 46.3 Å². The molecule has 1 aliphatic rings. The van der Waals surface area contributed by atoms with Crippen molar-refractivity contribution in [3.63, 3.8) is 0 Å². The number of non-ortho nitro benzene ring substituents is 1. The second kappa shape index (κ2) is 11.4. The normalized spacial score (nSPS) is 14.1. The van der Waals surface area contributed by atoms with Crippen LogP contribution in [0.3, 0.4) is 0 Å². The Morgan fingerprint density at radius 2 is 1.78 bits per heavy atom. The summed E-state index contributed by atoms with van der Waals surface area (Å²) in [5.41, 5.74) is 1.90. The first-order chi connectivity index (χ1) is 17.8. The number of methoxy groups -OCH3 is 1. The molecular weight excluding hydrogens is 498 g/mol. The summed E-state index contributed by atoms with van der Waals surface area (Å²) < 4.78 is 10.8. The van der Waals surface area contributed by atoms with Crippen molar-refractivity contribution in [3.8, 4) is 11.5 Å². The zero-order valence-electron chi connectivity index (χ0n) is 19.6. The van der Waals surface area contributed by atoms with Crippen molar-refractivity contribution in [1.82, 2.24) is 4.90 Å². The van der Waals surface area contributed by atoms with Gasteiger partial charge >= 0.3 is 0 Å². The van der Waals surface area contributed by atoms with E-state index >= 15 is 0 Å². The van der Waals surface area contributed by atoms with Crippen molar-refractivity contribution in [1.29, 1.82) is 0 Å².